The van der Waals surface area contributed by atoms with Crippen molar-refractivity contribution in [1.82, 2.24) is 5.32 Å². The third-order valence-electron chi connectivity index (χ3n) is 5.37. The summed E-state index contributed by atoms with van der Waals surface area (Å²) in [6.45, 7) is 1.29. The van der Waals surface area contributed by atoms with Crippen LogP contribution in [0.15, 0.2) is 42.5 Å². The summed E-state index contributed by atoms with van der Waals surface area (Å²) in [6.07, 6.45) is -10.6. The van der Waals surface area contributed by atoms with Crippen LogP contribution in [0.3, 0.4) is 0 Å². The van der Waals surface area contributed by atoms with Crippen LogP contribution in [0.5, 0.6) is 0 Å². The number of carbonyl (C=O) groups is 2. The number of hydrogen-bond acceptors (Lipinski definition) is 5. The summed E-state index contributed by atoms with van der Waals surface area (Å²) in [5, 5.41) is 18.0. The zero-order chi connectivity index (χ0) is 26.1. The number of nitro groups is 1. The monoisotopic (exact) mass is 504 g/mol. The van der Waals surface area contributed by atoms with Crippen molar-refractivity contribution in [2.45, 2.75) is 43.7 Å². The fourth-order valence-electron chi connectivity index (χ4n) is 3.86. The molecule has 1 fully saturated rings. The molecule has 0 bridgehead atoms. The van der Waals surface area contributed by atoms with E-state index >= 15 is 0 Å². The quantitative estimate of drug-likeness (QED) is 0.313. The summed E-state index contributed by atoms with van der Waals surface area (Å²) in [5.41, 5.74) is -2.76. The lowest BCUT2D eigenvalue weighted by Crippen LogP contribution is -2.46. The summed E-state index contributed by atoms with van der Waals surface area (Å²) in [4.78, 5) is 33.4. The molecule has 1 unspecified atom stereocenters. The van der Waals surface area contributed by atoms with E-state index < -0.39 is 64.4 Å². The molecule has 3 atom stereocenters. The molecule has 1 aliphatic heterocycles. The van der Waals surface area contributed by atoms with Crippen molar-refractivity contribution in [3.05, 3.63) is 63.7 Å². The normalized spacial score (nSPS) is 20.4. The number of rotatable bonds is 5. The summed E-state index contributed by atoms with van der Waals surface area (Å²) in [5.74, 6) is -2.79. The van der Waals surface area contributed by atoms with E-state index in [9.17, 15) is 46.0 Å². The SMILES string of the molecule is CC(=O)Nc1ccc(NC(=O)[C@@H]2CC(c3ccc([N+](=O)[O-])c(C(F)(F)F)c3)[C@H](C(F)(F)F)N2)cc1. The van der Waals surface area contributed by atoms with Crippen LogP contribution >= 0.6 is 0 Å². The van der Waals surface area contributed by atoms with E-state index in [-0.39, 0.29) is 11.6 Å². The summed E-state index contributed by atoms with van der Waals surface area (Å²) in [6, 6.07) is 3.62. The standard InChI is InChI=1S/C21H18F6N4O4/c1-10(32)28-12-3-5-13(6-4-12)29-19(33)16-9-14(18(30-16)21(25,26)27)11-2-7-17(31(34)35)15(8-11)20(22,23)24/h2-8,14,16,18,30H,9H2,1H3,(H,28,32)(H,29,33)/t14?,16-,18+/m0/s1. The first-order valence-corrected chi connectivity index (χ1v) is 10.0. The van der Waals surface area contributed by atoms with E-state index in [0.717, 1.165) is 6.07 Å². The molecular formula is C21H18F6N4O4. The molecule has 2 amide bonds. The minimum atomic E-state index is -5.17. The topological polar surface area (TPSA) is 113 Å². The van der Waals surface area contributed by atoms with Gasteiger partial charge in [0.25, 0.3) is 5.69 Å². The first kappa shape index (κ1) is 25.9. The maximum atomic E-state index is 13.7. The predicted molar refractivity (Wildman–Crippen MR) is 112 cm³/mol. The van der Waals surface area contributed by atoms with E-state index in [1.54, 1.807) is 0 Å². The molecule has 3 rings (SSSR count). The van der Waals surface area contributed by atoms with Crippen LogP contribution in [0.2, 0.25) is 0 Å². The molecule has 3 N–H and O–H groups in total. The van der Waals surface area contributed by atoms with Crippen LogP contribution in [-0.2, 0) is 15.8 Å². The van der Waals surface area contributed by atoms with E-state index in [1.807, 2.05) is 0 Å². The lowest BCUT2D eigenvalue weighted by Gasteiger charge is -2.23. The molecule has 1 saturated heterocycles. The highest BCUT2D eigenvalue weighted by Gasteiger charge is 2.52. The minimum Gasteiger partial charge on any atom is -0.326 e. The van der Waals surface area contributed by atoms with E-state index in [0.29, 0.717) is 17.8 Å². The fraction of sp³-hybridized carbons (Fsp3) is 0.333. The molecule has 188 valence electrons. The molecule has 35 heavy (non-hydrogen) atoms. The van der Waals surface area contributed by atoms with Gasteiger partial charge in [0.15, 0.2) is 0 Å². The van der Waals surface area contributed by atoms with Crippen LogP contribution in [0.25, 0.3) is 0 Å². The Labute approximate surface area is 193 Å². The predicted octanol–water partition coefficient (Wildman–Crippen LogP) is 4.59. The minimum absolute atomic E-state index is 0.215. The molecule has 1 aliphatic rings. The van der Waals surface area contributed by atoms with Crippen molar-refractivity contribution < 1.29 is 40.9 Å². The Balaban J connectivity index is 1.85. The second-order valence-electron chi connectivity index (χ2n) is 7.86. The second-order valence-corrected chi connectivity index (χ2v) is 7.86. The van der Waals surface area contributed by atoms with Crippen LogP contribution in [0.4, 0.5) is 43.4 Å². The Hall–Kier alpha value is -3.68. The average Bonchev–Trinajstić information content (AvgIpc) is 3.20. The molecule has 2 aromatic carbocycles. The van der Waals surface area contributed by atoms with Gasteiger partial charge < -0.3 is 10.6 Å². The number of hydrogen-bond donors (Lipinski definition) is 3. The molecule has 0 radical (unpaired) electrons. The number of carbonyl (C=O) groups excluding carboxylic acids is 2. The highest BCUT2D eigenvalue weighted by Crippen LogP contribution is 2.43. The average molecular weight is 504 g/mol. The summed E-state index contributed by atoms with van der Waals surface area (Å²) >= 11 is 0. The first-order chi connectivity index (χ1) is 16.2. The number of nitrogens with one attached hydrogen (secondary N) is 3. The van der Waals surface area contributed by atoms with Gasteiger partial charge in [-0.1, -0.05) is 6.07 Å². The highest BCUT2D eigenvalue weighted by molar-refractivity contribution is 5.95. The lowest BCUT2D eigenvalue weighted by atomic mass is 9.88. The lowest BCUT2D eigenvalue weighted by molar-refractivity contribution is -0.388. The van der Waals surface area contributed by atoms with Crippen LogP contribution in [-0.4, -0.2) is 35.0 Å². The number of amides is 2. The van der Waals surface area contributed by atoms with Crippen LogP contribution in [0, 0.1) is 10.1 Å². The molecule has 0 spiro atoms. The zero-order valence-electron chi connectivity index (χ0n) is 17.8. The maximum Gasteiger partial charge on any atom is 0.423 e. The second kappa shape index (κ2) is 9.52. The smallest absolute Gasteiger partial charge is 0.326 e. The van der Waals surface area contributed by atoms with Gasteiger partial charge in [-0.3, -0.25) is 25.0 Å². The molecule has 14 heteroatoms. The fourth-order valence-corrected chi connectivity index (χ4v) is 3.86. The largest absolute Gasteiger partial charge is 0.423 e. The van der Waals surface area contributed by atoms with Crippen molar-refractivity contribution in [2.24, 2.45) is 0 Å². The van der Waals surface area contributed by atoms with Gasteiger partial charge in [-0.25, -0.2) is 0 Å². The van der Waals surface area contributed by atoms with Gasteiger partial charge in [-0.15, -0.1) is 0 Å². The van der Waals surface area contributed by atoms with E-state index in [4.69, 9.17) is 0 Å². The molecule has 0 aromatic heterocycles. The summed E-state index contributed by atoms with van der Waals surface area (Å²) in [7, 11) is 0. The first-order valence-electron chi connectivity index (χ1n) is 10.0. The Bertz CT molecular complexity index is 1130. The number of halogens is 6. The third-order valence-corrected chi connectivity index (χ3v) is 5.37. The van der Waals surface area contributed by atoms with Crippen LogP contribution < -0.4 is 16.0 Å². The van der Waals surface area contributed by atoms with E-state index in [2.05, 4.69) is 16.0 Å². The molecule has 1 heterocycles. The number of alkyl halides is 6. The Morgan fingerprint density at radius 2 is 1.57 bits per heavy atom. The van der Waals surface area contributed by atoms with E-state index in [1.165, 1.54) is 31.2 Å². The molecular weight excluding hydrogens is 486 g/mol. The van der Waals surface area contributed by atoms with Crippen LogP contribution in [0.1, 0.15) is 30.4 Å². The molecule has 0 saturated carbocycles. The zero-order valence-corrected chi connectivity index (χ0v) is 17.8. The maximum absolute atomic E-state index is 13.7. The number of anilines is 2. The molecule has 0 aliphatic carbocycles. The number of benzene rings is 2. The Kier molecular flexibility index (Phi) is 7.06. The number of nitrogens with zero attached hydrogens (tertiary/aromatic N) is 1. The van der Waals surface area contributed by atoms with Crippen molar-refractivity contribution in [1.29, 1.82) is 0 Å². The van der Waals surface area contributed by atoms with Gasteiger partial charge in [0.05, 0.1) is 11.0 Å². The van der Waals surface area contributed by atoms with Crippen molar-refractivity contribution in [3.8, 4) is 0 Å². The third kappa shape index (κ3) is 6.07. The van der Waals surface area contributed by atoms with Gasteiger partial charge >= 0.3 is 12.4 Å². The van der Waals surface area contributed by atoms with Gasteiger partial charge in [-0.05, 0) is 42.3 Å². The Morgan fingerprint density at radius 1 is 1.00 bits per heavy atom. The van der Waals surface area contributed by atoms with Crippen molar-refractivity contribution >= 4 is 28.9 Å². The molecule has 2 aromatic rings. The van der Waals surface area contributed by atoms with Gasteiger partial charge in [0, 0.05) is 30.3 Å². The number of nitro benzene ring substituents is 1. The van der Waals surface area contributed by atoms with Gasteiger partial charge in [0.1, 0.15) is 11.6 Å². The van der Waals surface area contributed by atoms with Crippen molar-refractivity contribution in [3.63, 3.8) is 0 Å². The van der Waals surface area contributed by atoms with Gasteiger partial charge in [0.2, 0.25) is 11.8 Å². The van der Waals surface area contributed by atoms with Crippen molar-refractivity contribution in [2.75, 3.05) is 10.6 Å². The van der Waals surface area contributed by atoms with Gasteiger partial charge in [-0.2, -0.15) is 26.3 Å². The highest BCUT2D eigenvalue weighted by atomic mass is 19.4. The molecule has 8 nitrogen and oxygen atoms in total. The summed E-state index contributed by atoms with van der Waals surface area (Å²) < 4.78 is 81.0. The Morgan fingerprint density at radius 3 is 2.06 bits per heavy atom.